The molecule has 158 valence electrons. The molecule has 2 aromatic carbocycles. The van der Waals surface area contributed by atoms with Crippen LogP contribution in [0.4, 0.5) is 14.5 Å². The van der Waals surface area contributed by atoms with E-state index >= 15 is 0 Å². The summed E-state index contributed by atoms with van der Waals surface area (Å²) in [6.45, 7) is 6.14. The molecule has 1 atom stereocenters. The predicted molar refractivity (Wildman–Crippen MR) is 112 cm³/mol. The largest absolute Gasteiger partial charge is 0.480 e. The van der Waals surface area contributed by atoms with Crippen molar-refractivity contribution >= 4 is 23.4 Å². The number of ether oxygens (including phenoxy) is 1. The fourth-order valence-corrected chi connectivity index (χ4v) is 3.59. The number of aryl methyl sites for hydroxylation is 1. The quantitative estimate of drug-likeness (QED) is 0.520. The van der Waals surface area contributed by atoms with Crippen molar-refractivity contribution in [2.75, 3.05) is 11.1 Å². The maximum atomic E-state index is 13.9. The van der Waals surface area contributed by atoms with Crippen molar-refractivity contribution in [1.82, 2.24) is 14.8 Å². The number of halogens is 2. The predicted octanol–water partition coefficient (Wildman–Crippen LogP) is 4.76. The highest BCUT2D eigenvalue weighted by Crippen LogP contribution is 2.26. The van der Waals surface area contributed by atoms with Crippen LogP contribution in [0.1, 0.15) is 31.3 Å². The number of amides is 1. The number of hydrogen-bond donors (Lipinski definition) is 1. The van der Waals surface area contributed by atoms with E-state index in [2.05, 4.69) is 15.5 Å². The Kier molecular flexibility index (Phi) is 7.04. The van der Waals surface area contributed by atoms with Crippen LogP contribution in [-0.2, 0) is 11.3 Å². The minimum atomic E-state index is -0.785. The first-order chi connectivity index (χ1) is 14.4. The van der Waals surface area contributed by atoms with E-state index in [0.717, 1.165) is 23.4 Å². The first-order valence-corrected chi connectivity index (χ1v) is 10.4. The van der Waals surface area contributed by atoms with Crippen molar-refractivity contribution in [2.45, 2.75) is 38.6 Å². The van der Waals surface area contributed by atoms with Crippen molar-refractivity contribution in [3.63, 3.8) is 0 Å². The van der Waals surface area contributed by atoms with E-state index in [4.69, 9.17) is 4.74 Å². The molecule has 0 spiro atoms. The minimum absolute atomic E-state index is 0.0683. The summed E-state index contributed by atoms with van der Waals surface area (Å²) in [4.78, 5) is 12.2. The average Bonchev–Trinajstić information content (AvgIpc) is 3.13. The van der Waals surface area contributed by atoms with Crippen LogP contribution in [0.3, 0.4) is 0 Å². The molecule has 1 amide bonds. The summed E-state index contributed by atoms with van der Waals surface area (Å²) in [5.74, 6) is -1.04. The third-order valence-corrected chi connectivity index (χ3v) is 5.26. The zero-order chi connectivity index (χ0) is 21.7. The summed E-state index contributed by atoms with van der Waals surface area (Å²) in [6.07, 6.45) is -0.617. The van der Waals surface area contributed by atoms with Gasteiger partial charge in [-0.3, -0.25) is 4.79 Å². The highest BCUT2D eigenvalue weighted by Gasteiger charge is 2.20. The molecule has 0 saturated carbocycles. The smallest absolute Gasteiger partial charge is 0.234 e. The third-order valence-electron chi connectivity index (χ3n) is 4.29. The lowest BCUT2D eigenvalue weighted by molar-refractivity contribution is -0.113. The van der Waals surface area contributed by atoms with Gasteiger partial charge in [0, 0.05) is 18.3 Å². The van der Waals surface area contributed by atoms with E-state index in [1.165, 1.54) is 17.8 Å². The zero-order valence-corrected chi connectivity index (χ0v) is 17.7. The van der Waals surface area contributed by atoms with E-state index in [0.29, 0.717) is 17.5 Å². The second-order valence-corrected chi connectivity index (χ2v) is 7.57. The minimum Gasteiger partial charge on any atom is -0.480 e. The lowest BCUT2D eigenvalue weighted by atomic mass is 10.2. The highest BCUT2D eigenvalue weighted by molar-refractivity contribution is 7.99. The number of hydrogen-bond acceptors (Lipinski definition) is 5. The lowest BCUT2D eigenvalue weighted by Crippen LogP contribution is -2.15. The van der Waals surface area contributed by atoms with Crippen LogP contribution >= 0.6 is 11.8 Å². The monoisotopic (exact) mass is 432 g/mol. The van der Waals surface area contributed by atoms with Gasteiger partial charge in [0.05, 0.1) is 5.75 Å². The fourth-order valence-electron chi connectivity index (χ4n) is 2.78. The van der Waals surface area contributed by atoms with Gasteiger partial charge < -0.3 is 14.6 Å². The number of rotatable bonds is 8. The number of carbonyl (C=O) groups is 1. The summed E-state index contributed by atoms with van der Waals surface area (Å²) in [6, 6.07) is 10.7. The number of thioether (sulfide) groups is 1. The molecule has 3 rings (SSSR count). The molecule has 0 saturated heterocycles. The van der Waals surface area contributed by atoms with Crippen LogP contribution in [0.5, 0.6) is 5.75 Å². The second-order valence-electron chi connectivity index (χ2n) is 6.62. The van der Waals surface area contributed by atoms with E-state index < -0.39 is 17.7 Å². The Labute approximate surface area is 177 Å². The molecule has 0 radical (unpaired) electrons. The third kappa shape index (κ3) is 5.35. The van der Waals surface area contributed by atoms with Crippen LogP contribution in [0.25, 0.3) is 0 Å². The van der Waals surface area contributed by atoms with Gasteiger partial charge in [0.25, 0.3) is 0 Å². The average molecular weight is 432 g/mol. The second kappa shape index (κ2) is 9.71. The summed E-state index contributed by atoms with van der Waals surface area (Å²) in [5, 5.41) is 11.7. The molecule has 6 nitrogen and oxygen atoms in total. The molecule has 0 aliphatic rings. The van der Waals surface area contributed by atoms with Gasteiger partial charge in [-0.15, -0.1) is 10.2 Å². The Morgan fingerprint density at radius 1 is 1.20 bits per heavy atom. The molecule has 1 unspecified atom stereocenters. The lowest BCUT2D eigenvalue weighted by Gasteiger charge is -2.16. The number of benzene rings is 2. The number of nitrogens with zero attached hydrogens (tertiary/aromatic N) is 3. The van der Waals surface area contributed by atoms with Crippen molar-refractivity contribution in [1.29, 1.82) is 0 Å². The molecule has 9 heteroatoms. The van der Waals surface area contributed by atoms with Crippen molar-refractivity contribution in [3.8, 4) is 5.75 Å². The fraction of sp³-hybridized carbons (Fsp3) is 0.286. The molecule has 0 bridgehead atoms. The van der Waals surface area contributed by atoms with E-state index in [1.54, 1.807) is 11.5 Å². The molecule has 1 heterocycles. The summed E-state index contributed by atoms with van der Waals surface area (Å²) < 4.78 is 34.4. The van der Waals surface area contributed by atoms with Gasteiger partial charge >= 0.3 is 0 Å². The first kappa shape index (κ1) is 21.8. The Morgan fingerprint density at radius 3 is 2.60 bits per heavy atom. The molecule has 0 fully saturated rings. The Bertz CT molecular complexity index is 1020. The number of aromatic nitrogens is 3. The summed E-state index contributed by atoms with van der Waals surface area (Å²) >= 11 is 1.25. The number of nitrogens with one attached hydrogen (secondary N) is 1. The van der Waals surface area contributed by atoms with E-state index in [1.807, 2.05) is 38.1 Å². The van der Waals surface area contributed by atoms with Gasteiger partial charge in [-0.05, 0) is 45.0 Å². The first-order valence-electron chi connectivity index (χ1n) is 9.41. The van der Waals surface area contributed by atoms with Crippen molar-refractivity contribution < 1.29 is 18.3 Å². The van der Waals surface area contributed by atoms with Gasteiger partial charge in [-0.25, -0.2) is 8.78 Å². The Morgan fingerprint density at radius 2 is 1.93 bits per heavy atom. The Balaban J connectivity index is 1.64. The van der Waals surface area contributed by atoms with Crippen molar-refractivity contribution in [2.24, 2.45) is 0 Å². The topological polar surface area (TPSA) is 69.0 Å². The molecule has 30 heavy (non-hydrogen) atoms. The number of carbonyl (C=O) groups excluding carboxylic acids is 1. The highest BCUT2D eigenvalue weighted by atomic mass is 32.2. The molecule has 1 aromatic heterocycles. The molecule has 0 aliphatic heterocycles. The van der Waals surface area contributed by atoms with Crippen LogP contribution in [0.15, 0.2) is 47.6 Å². The van der Waals surface area contributed by atoms with Crippen LogP contribution in [0.2, 0.25) is 0 Å². The maximum absolute atomic E-state index is 13.9. The van der Waals surface area contributed by atoms with Gasteiger partial charge in [0.15, 0.2) is 28.7 Å². The SMILES string of the molecule is CCn1c(SCC(=O)Nc2ccc(C)cc2)nnc1C(C)Oc1ccc(F)cc1F. The Hall–Kier alpha value is -2.94. The molecular weight excluding hydrogens is 410 g/mol. The van der Waals surface area contributed by atoms with Gasteiger partial charge in [0.1, 0.15) is 5.82 Å². The van der Waals surface area contributed by atoms with E-state index in [9.17, 15) is 13.6 Å². The van der Waals surface area contributed by atoms with Crippen LogP contribution in [0, 0.1) is 18.6 Å². The van der Waals surface area contributed by atoms with Crippen LogP contribution < -0.4 is 10.1 Å². The molecule has 1 N–H and O–H groups in total. The number of anilines is 1. The molecule has 0 aliphatic carbocycles. The maximum Gasteiger partial charge on any atom is 0.234 e. The van der Waals surface area contributed by atoms with Crippen molar-refractivity contribution in [3.05, 3.63) is 65.5 Å². The normalized spacial score (nSPS) is 11.9. The van der Waals surface area contributed by atoms with Crippen LogP contribution in [-0.4, -0.2) is 26.4 Å². The summed E-state index contributed by atoms with van der Waals surface area (Å²) in [5.41, 5.74) is 1.84. The van der Waals surface area contributed by atoms with E-state index in [-0.39, 0.29) is 17.4 Å². The van der Waals surface area contributed by atoms with Gasteiger partial charge in [-0.2, -0.15) is 0 Å². The molecular formula is C21H22F2N4O2S. The zero-order valence-electron chi connectivity index (χ0n) is 16.9. The summed E-state index contributed by atoms with van der Waals surface area (Å²) in [7, 11) is 0. The van der Waals surface area contributed by atoms with Gasteiger partial charge in [-0.1, -0.05) is 29.5 Å². The standard InChI is InChI=1S/C21H22F2N4O2S/c1-4-27-20(14(3)29-18-10-7-15(22)11-17(18)23)25-26-21(27)30-12-19(28)24-16-8-5-13(2)6-9-16/h5-11,14H,4,12H2,1-3H3,(H,24,28). The molecule has 3 aromatic rings. The van der Waals surface area contributed by atoms with Gasteiger partial charge in [0.2, 0.25) is 5.91 Å².